The summed E-state index contributed by atoms with van der Waals surface area (Å²) in [4.78, 5) is 20.9. The summed E-state index contributed by atoms with van der Waals surface area (Å²) in [6, 6.07) is 17.1. The van der Waals surface area contributed by atoms with Crippen molar-refractivity contribution < 1.29 is 4.79 Å². The SMILES string of the molecule is CC(C)=CC(=O)c1ccc(Nc2nc(Nc3ccccc3)ncc2C)cc1. The number of carbonyl (C=O) groups excluding carboxylic acids is 1. The lowest BCUT2D eigenvalue weighted by atomic mass is 10.1. The number of benzene rings is 2. The minimum atomic E-state index is 0.00844. The fourth-order valence-electron chi connectivity index (χ4n) is 2.48. The molecular formula is C22H22N4O. The Balaban J connectivity index is 1.76. The molecular weight excluding hydrogens is 336 g/mol. The highest BCUT2D eigenvalue weighted by Gasteiger charge is 2.07. The van der Waals surface area contributed by atoms with E-state index in [1.807, 2.05) is 75.4 Å². The van der Waals surface area contributed by atoms with Crippen molar-refractivity contribution in [2.45, 2.75) is 20.8 Å². The Morgan fingerprint density at radius 2 is 1.59 bits per heavy atom. The number of nitrogens with one attached hydrogen (secondary N) is 2. The molecule has 0 amide bonds. The molecule has 0 fully saturated rings. The Labute approximate surface area is 159 Å². The summed E-state index contributed by atoms with van der Waals surface area (Å²) in [5.41, 5.74) is 4.36. The van der Waals surface area contributed by atoms with Crippen LogP contribution in [-0.4, -0.2) is 15.8 Å². The molecule has 0 saturated heterocycles. The van der Waals surface area contributed by atoms with Crippen LogP contribution in [0, 0.1) is 6.92 Å². The van der Waals surface area contributed by atoms with Crippen LogP contribution in [0.4, 0.5) is 23.1 Å². The van der Waals surface area contributed by atoms with Gasteiger partial charge in [-0.3, -0.25) is 4.79 Å². The van der Waals surface area contributed by atoms with Gasteiger partial charge < -0.3 is 10.6 Å². The minimum absolute atomic E-state index is 0.00844. The summed E-state index contributed by atoms with van der Waals surface area (Å²) in [6.07, 6.45) is 3.41. The number of carbonyl (C=O) groups is 1. The van der Waals surface area contributed by atoms with E-state index in [1.54, 1.807) is 12.3 Å². The third-order valence-electron chi connectivity index (χ3n) is 3.85. The summed E-state index contributed by atoms with van der Waals surface area (Å²) < 4.78 is 0. The molecule has 0 saturated carbocycles. The van der Waals surface area contributed by atoms with Crippen molar-refractivity contribution in [2.24, 2.45) is 0 Å². The number of ketones is 1. The molecule has 3 rings (SSSR count). The van der Waals surface area contributed by atoms with Crippen LogP contribution in [0.1, 0.15) is 29.8 Å². The number of hydrogen-bond donors (Lipinski definition) is 2. The number of rotatable bonds is 6. The fraction of sp³-hybridized carbons (Fsp3) is 0.136. The highest BCUT2D eigenvalue weighted by Crippen LogP contribution is 2.21. The van der Waals surface area contributed by atoms with E-state index >= 15 is 0 Å². The van der Waals surface area contributed by atoms with Gasteiger partial charge in [-0.2, -0.15) is 4.98 Å². The topological polar surface area (TPSA) is 66.9 Å². The number of nitrogens with zero attached hydrogens (tertiary/aromatic N) is 2. The van der Waals surface area contributed by atoms with E-state index in [2.05, 4.69) is 20.6 Å². The van der Waals surface area contributed by atoms with Crippen LogP contribution >= 0.6 is 0 Å². The van der Waals surface area contributed by atoms with Crippen molar-refractivity contribution in [3.05, 3.63) is 83.6 Å². The van der Waals surface area contributed by atoms with Gasteiger partial charge in [0.2, 0.25) is 5.95 Å². The highest BCUT2D eigenvalue weighted by atomic mass is 16.1. The zero-order chi connectivity index (χ0) is 19.2. The summed E-state index contributed by atoms with van der Waals surface area (Å²) >= 11 is 0. The average molecular weight is 358 g/mol. The fourth-order valence-corrected chi connectivity index (χ4v) is 2.48. The molecule has 2 N–H and O–H groups in total. The summed E-state index contributed by atoms with van der Waals surface area (Å²) in [5.74, 6) is 1.24. The zero-order valence-electron chi connectivity index (χ0n) is 15.7. The third kappa shape index (κ3) is 5.01. The standard InChI is InChI=1S/C22H22N4O/c1-15(2)13-20(27)17-9-11-19(12-10-17)24-21-16(3)14-23-22(26-21)25-18-7-5-4-6-8-18/h4-14H,1-3H3,(H2,23,24,25,26). The molecule has 2 aromatic carbocycles. The number of aromatic nitrogens is 2. The van der Waals surface area contributed by atoms with Crippen LogP contribution in [0.15, 0.2) is 72.4 Å². The smallest absolute Gasteiger partial charge is 0.229 e. The lowest BCUT2D eigenvalue weighted by Crippen LogP contribution is -2.03. The van der Waals surface area contributed by atoms with Crippen LogP contribution in [-0.2, 0) is 0 Å². The summed E-state index contributed by atoms with van der Waals surface area (Å²) in [6.45, 7) is 5.76. The van der Waals surface area contributed by atoms with Crippen molar-refractivity contribution in [1.29, 1.82) is 0 Å². The maximum atomic E-state index is 12.1. The third-order valence-corrected chi connectivity index (χ3v) is 3.85. The number of anilines is 4. The van der Waals surface area contributed by atoms with E-state index in [0.717, 1.165) is 22.5 Å². The van der Waals surface area contributed by atoms with Crippen molar-refractivity contribution in [3.8, 4) is 0 Å². The minimum Gasteiger partial charge on any atom is -0.340 e. The predicted octanol–water partition coefficient (Wildman–Crippen LogP) is 5.42. The van der Waals surface area contributed by atoms with Gasteiger partial charge in [0.25, 0.3) is 0 Å². The lowest BCUT2D eigenvalue weighted by molar-refractivity contribution is 0.104. The molecule has 0 aliphatic heterocycles. The van der Waals surface area contributed by atoms with Crippen LogP contribution in [0.5, 0.6) is 0 Å². The highest BCUT2D eigenvalue weighted by molar-refractivity contribution is 6.05. The second kappa shape index (κ2) is 8.27. The number of allylic oxidation sites excluding steroid dienone is 2. The van der Waals surface area contributed by atoms with E-state index in [4.69, 9.17) is 0 Å². The Kier molecular flexibility index (Phi) is 5.61. The molecule has 0 spiro atoms. The molecule has 1 heterocycles. The van der Waals surface area contributed by atoms with E-state index in [9.17, 15) is 4.79 Å². The van der Waals surface area contributed by atoms with Crippen molar-refractivity contribution in [3.63, 3.8) is 0 Å². The molecule has 5 nitrogen and oxygen atoms in total. The van der Waals surface area contributed by atoms with E-state index in [1.165, 1.54) is 0 Å². The molecule has 5 heteroatoms. The Hall–Kier alpha value is -3.47. The zero-order valence-corrected chi connectivity index (χ0v) is 15.7. The largest absolute Gasteiger partial charge is 0.340 e. The number of para-hydroxylation sites is 1. The molecule has 0 aliphatic carbocycles. The van der Waals surface area contributed by atoms with Gasteiger partial charge in [0.1, 0.15) is 5.82 Å². The van der Waals surface area contributed by atoms with Gasteiger partial charge in [0.05, 0.1) is 0 Å². The normalized spacial score (nSPS) is 10.2. The van der Waals surface area contributed by atoms with E-state index in [-0.39, 0.29) is 5.78 Å². The Morgan fingerprint density at radius 3 is 2.26 bits per heavy atom. The molecule has 27 heavy (non-hydrogen) atoms. The number of aryl methyl sites for hydroxylation is 1. The first-order chi connectivity index (χ1) is 13.0. The van der Waals surface area contributed by atoms with Crippen molar-refractivity contribution >= 4 is 28.9 Å². The second-order valence-electron chi connectivity index (χ2n) is 6.50. The quantitative estimate of drug-likeness (QED) is 0.455. The first-order valence-electron chi connectivity index (χ1n) is 8.73. The molecule has 0 aliphatic rings. The van der Waals surface area contributed by atoms with Gasteiger partial charge in [0.15, 0.2) is 5.78 Å². The predicted molar refractivity (Wildman–Crippen MR) is 110 cm³/mol. The van der Waals surface area contributed by atoms with Crippen LogP contribution in [0.3, 0.4) is 0 Å². The summed E-state index contributed by atoms with van der Waals surface area (Å²) in [7, 11) is 0. The first-order valence-corrected chi connectivity index (χ1v) is 8.73. The molecule has 0 unspecified atom stereocenters. The molecule has 136 valence electrons. The maximum absolute atomic E-state index is 12.1. The Morgan fingerprint density at radius 1 is 0.926 bits per heavy atom. The van der Waals surface area contributed by atoms with Gasteiger partial charge in [-0.15, -0.1) is 0 Å². The van der Waals surface area contributed by atoms with Crippen LogP contribution in [0.2, 0.25) is 0 Å². The van der Waals surface area contributed by atoms with Gasteiger partial charge in [-0.05, 0) is 63.2 Å². The van der Waals surface area contributed by atoms with E-state index < -0.39 is 0 Å². The van der Waals surface area contributed by atoms with Gasteiger partial charge in [-0.1, -0.05) is 23.8 Å². The molecule has 0 atom stereocenters. The maximum Gasteiger partial charge on any atom is 0.229 e. The van der Waals surface area contributed by atoms with Gasteiger partial charge >= 0.3 is 0 Å². The van der Waals surface area contributed by atoms with Crippen molar-refractivity contribution in [2.75, 3.05) is 10.6 Å². The van der Waals surface area contributed by atoms with Gasteiger partial charge in [-0.25, -0.2) is 4.98 Å². The lowest BCUT2D eigenvalue weighted by Gasteiger charge is -2.11. The van der Waals surface area contributed by atoms with Crippen LogP contribution in [0.25, 0.3) is 0 Å². The molecule has 0 bridgehead atoms. The Bertz CT molecular complexity index is 959. The first kappa shape index (κ1) is 18.3. The molecule has 1 aromatic heterocycles. The monoisotopic (exact) mass is 358 g/mol. The second-order valence-corrected chi connectivity index (χ2v) is 6.50. The van der Waals surface area contributed by atoms with Crippen LogP contribution < -0.4 is 10.6 Å². The van der Waals surface area contributed by atoms with E-state index in [0.29, 0.717) is 17.3 Å². The molecule has 3 aromatic rings. The van der Waals surface area contributed by atoms with Crippen molar-refractivity contribution in [1.82, 2.24) is 9.97 Å². The van der Waals surface area contributed by atoms with Gasteiger partial charge in [0, 0.05) is 28.7 Å². The average Bonchev–Trinajstić information content (AvgIpc) is 2.65. The summed E-state index contributed by atoms with van der Waals surface area (Å²) in [5, 5.41) is 6.47. The number of hydrogen-bond acceptors (Lipinski definition) is 5. The molecule has 0 radical (unpaired) electrons.